The van der Waals surface area contributed by atoms with Crippen LogP contribution in [0, 0.1) is 11.3 Å². The van der Waals surface area contributed by atoms with E-state index in [0.29, 0.717) is 11.6 Å². The summed E-state index contributed by atoms with van der Waals surface area (Å²) in [5.74, 6) is -0.556. The summed E-state index contributed by atoms with van der Waals surface area (Å²) in [6.45, 7) is 4.37. The van der Waals surface area contributed by atoms with Gasteiger partial charge in [-0.2, -0.15) is 0 Å². The number of hydrogen-bond donors (Lipinski definition) is 1. The second kappa shape index (κ2) is 8.56. The van der Waals surface area contributed by atoms with Crippen LogP contribution in [0.1, 0.15) is 52.4 Å². The first-order valence-corrected chi connectivity index (χ1v) is 9.65. The third kappa shape index (κ3) is 5.00. The highest BCUT2D eigenvalue weighted by Crippen LogP contribution is 2.44. The molecule has 0 spiro atoms. The number of aliphatic carboxylic acids is 1. The third-order valence-electron chi connectivity index (χ3n) is 4.72. The van der Waals surface area contributed by atoms with Gasteiger partial charge in [-0.25, -0.2) is 0 Å². The fourth-order valence-corrected chi connectivity index (χ4v) is 4.02. The SMILES string of the molecule is CC(C)CCC1(C(=O)Nc2ccccc2SCC(=O)[O-])CCCC1. The Kier molecular flexibility index (Phi) is 6.72. The van der Waals surface area contributed by atoms with E-state index < -0.39 is 5.97 Å². The first-order chi connectivity index (χ1) is 11.4. The number of amides is 1. The Hall–Kier alpha value is -1.49. The lowest BCUT2D eigenvalue weighted by Gasteiger charge is -2.29. The molecular weight excluding hydrogens is 322 g/mol. The summed E-state index contributed by atoms with van der Waals surface area (Å²) in [6.07, 6.45) is 6.07. The lowest BCUT2D eigenvalue weighted by molar-refractivity contribution is -0.301. The first-order valence-electron chi connectivity index (χ1n) is 8.66. The highest BCUT2D eigenvalue weighted by molar-refractivity contribution is 8.00. The van der Waals surface area contributed by atoms with E-state index in [0.717, 1.165) is 43.4 Å². The van der Waals surface area contributed by atoms with E-state index in [9.17, 15) is 14.7 Å². The maximum absolute atomic E-state index is 13.0. The second-order valence-corrected chi connectivity index (χ2v) is 8.05. The molecule has 0 saturated heterocycles. The van der Waals surface area contributed by atoms with Crippen molar-refractivity contribution in [3.63, 3.8) is 0 Å². The Bertz CT molecular complexity index is 580. The Labute approximate surface area is 148 Å². The van der Waals surface area contributed by atoms with Gasteiger partial charge in [-0.05, 0) is 43.7 Å². The number of nitrogens with one attached hydrogen (secondary N) is 1. The van der Waals surface area contributed by atoms with Crippen molar-refractivity contribution in [2.45, 2.75) is 57.3 Å². The number of thioether (sulfide) groups is 1. The highest BCUT2D eigenvalue weighted by Gasteiger charge is 2.40. The maximum atomic E-state index is 13.0. The summed E-state index contributed by atoms with van der Waals surface area (Å²) in [7, 11) is 0. The van der Waals surface area contributed by atoms with Crippen molar-refractivity contribution in [3.8, 4) is 0 Å². The Balaban J connectivity index is 2.11. The molecule has 0 aliphatic heterocycles. The molecule has 1 amide bonds. The molecule has 0 heterocycles. The molecule has 4 nitrogen and oxygen atoms in total. The predicted molar refractivity (Wildman–Crippen MR) is 95.8 cm³/mol. The summed E-state index contributed by atoms with van der Waals surface area (Å²) in [4.78, 5) is 24.5. The van der Waals surface area contributed by atoms with Gasteiger partial charge in [0.25, 0.3) is 0 Å². The van der Waals surface area contributed by atoms with E-state index in [2.05, 4.69) is 19.2 Å². The average Bonchev–Trinajstić information content (AvgIpc) is 3.02. The highest BCUT2D eigenvalue weighted by atomic mass is 32.2. The topological polar surface area (TPSA) is 69.2 Å². The summed E-state index contributed by atoms with van der Waals surface area (Å²) in [6, 6.07) is 7.37. The molecule has 0 atom stereocenters. The zero-order valence-corrected chi connectivity index (χ0v) is 15.3. The molecule has 0 unspecified atom stereocenters. The first kappa shape index (κ1) is 18.8. The van der Waals surface area contributed by atoms with Crippen LogP contribution in [0.2, 0.25) is 0 Å². The van der Waals surface area contributed by atoms with Crippen molar-refractivity contribution in [1.29, 1.82) is 0 Å². The van der Waals surface area contributed by atoms with Gasteiger partial charge in [-0.3, -0.25) is 4.79 Å². The smallest absolute Gasteiger partial charge is 0.230 e. The molecular formula is C19H26NO3S-. The largest absolute Gasteiger partial charge is 0.549 e. The zero-order valence-electron chi connectivity index (χ0n) is 14.5. The zero-order chi connectivity index (χ0) is 17.6. The van der Waals surface area contributed by atoms with Crippen LogP contribution in [-0.4, -0.2) is 17.6 Å². The third-order valence-corrected chi connectivity index (χ3v) is 5.77. The fourth-order valence-electron chi connectivity index (χ4n) is 3.29. The Morgan fingerprint density at radius 2 is 1.92 bits per heavy atom. The van der Waals surface area contributed by atoms with Crippen molar-refractivity contribution in [2.24, 2.45) is 11.3 Å². The van der Waals surface area contributed by atoms with Crippen LogP contribution >= 0.6 is 11.8 Å². The average molecular weight is 348 g/mol. The molecule has 1 aliphatic rings. The van der Waals surface area contributed by atoms with Crippen LogP contribution in [0.5, 0.6) is 0 Å². The van der Waals surface area contributed by atoms with Crippen LogP contribution in [0.3, 0.4) is 0 Å². The lowest BCUT2D eigenvalue weighted by atomic mass is 9.79. The quantitative estimate of drug-likeness (QED) is 0.731. The molecule has 0 radical (unpaired) electrons. The van der Waals surface area contributed by atoms with Gasteiger partial charge >= 0.3 is 0 Å². The van der Waals surface area contributed by atoms with Crippen molar-refractivity contribution >= 4 is 29.3 Å². The second-order valence-electron chi connectivity index (χ2n) is 7.03. The van der Waals surface area contributed by atoms with Crippen molar-refractivity contribution in [3.05, 3.63) is 24.3 Å². The molecule has 2 rings (SSSR count). The number of hydrogen-bond acceptors (Lipinski definition) is 4. The fraction of sp³-hybridized carbons (Fsp3) is 0.579. The van der Waals surface area contributed by atoms with Gasteiger partial charge in [-0.1, -0.05) is 38.8 Å². The molecule has 132 valence electrons. The minimum atomic E-state index is -1.11. The van der Waals surface area contributed by atoms with Crippen LogP contribution in [-0.2, 0) is 9.59 Å². The molecule has 0 bridgehead atoms. The molecule has 1 aromatic carbocycles. The molecule has 1 aromatic rings. The summed E-state index contributed by atoms with van der Waals surface area (Å²) in [5.41, 5.74) is 0.431. The number of benzene rings is 1. The van der Waals surface area contributed by atoms with Crippen molar-refractivity contribution in [2.75, 3.05) is 11.1 Å². The van der Waals surface area contributed by atoms with Crippen LogP contribution < -0.4 is 10.4 Å². The van der Waals surface area contributed by atoms with Gasteiger partial charge in [0.2, 0.25) is 5.91 Å². The van der Waals surface area contributed by atoms with E-state index in [1.54, 1.807) is 0 Å². The molecule has 1 fully saturated rings. The molecule has 1 N–H and O–H groups in total. The lowest BCUT2D eigenvalue weighted by Crippen LogP contribution is -2.34. The number of carboxylic acid groups (broad SMARTS) is 1. The van der Waals surface area contributed by atoms with Crippen molar-refractivity contribution in [1.82, 2.24) is 0 Å². The van der Waals surface area contributed by atoms with Crippen molar-refractivity contribution < 1.29 is 14.7 Å². The van der Waals surface area contributed by atoms with E-state index >= 15 is 0 Å². The van der Waals surface area contributed by atoms with Gasteiger partial charge in [0.05, 0.1) is 11.7 Å². The normalized spacial score (nSPS) is 16.3. The molecule has 24 heavy (non-hydrogen) atoms. The van der Waals surface area contributed by atoms with Crippen LogP contribution in [0.25, 0.3) is 0 Å². The minimum absolute atomic E-state index is 0.0853. The summed E-state index contributed by atoms with van der Waals surface area (Å²) < 4.78 is 0. The van der Waals surface area contributed by atoms with Gasteiger partial charge in [0, 0.05) is 16.1 Å². The Morgan fingerprint density at radius 1 is 1.25 bits per heavy atom. The number of rotatable bonds is 8. The number of para-hydroxylation sites is 1. The summed E-state index contributed by atoms with van der Waals surface area (Å²) >= 11 is 1.18. The van der Waals surface area contributed by atoms with E-state index in [-0.39, 0.29) is 17.1 Å². The molecule has 1 aliphatic carbocycles. The van der Waals surface area contributed by atoms with E-state index in [4.69, 9.17) is 0 Å². The number of carboxylic acids is 1. The number of carbonyl (C=O) groups is 2. The molecule has 1 saturated carbocycles. The monoisotopic (exact) mass is 348 g/mol. The van der Waals surface area contributed by atoms with Gasteiger partial charge in [0.15, 0.2) is 0 Å². The van der Waals surface area contributed by atoms with Gasteiger partial charge in [0.1, 0.15) is 0 Å². The molecule has 5 heteroatoms. The van der Waals surface area contributed by atoms with E-state index in [1.165, 1.54) is 11.8 Å². The van der Waals surface area contributed by atoms with E-state index in [1.807, 2.05) is 24.3 Å². The standard InChI is InChI=1S/C19H27NO3S/c1-14(2)9-12-19(10-5-6-11-19)18(23)20-15-7-3-4-8-16(15)24-13-17(21)22/h3-4,7-8,14H,5-6,9-13H2,1-2H3,(H,20,23)(H,21,22)/p-1. The Morgan fingerprint density at radius 3 is 2.54 bits per heavy atom. The summed E-state index contributed by atoms with van der Waals surface area (Å²) in [5, 5.41) is 13.8. The van der Waals surface area contributed by atoms with Gasteiger partial charge < -0.3 is 15.2 Å². The number of anilines is 1. The number of carbonyl (C=O) groups excluding carboxylic acids is 2. The van der Waals surface area contributed by atoms with Crippen LogP contribution in [0.15, 0.2) is 29.2 Å². The predicted octanol–water partition coefficient (Wildman–Crippen LogP) is 3.46. The van der Waals surface area contributed by atoms with Gasteiger partial charge in [-0.15, -0.1) is 11.8 Å². The van der Waals surface area contributed by atoms with Crippen LogP contribution in [0.4, 0.5) is 5.69 Å². The molecule has 0 aromatic heterocycles. The maximum Gasteiger partial charge on any atom is 0.230 e. The minimum Gasteiger partial charge on any atom is -0.549 e.